The van der Waals surface area contributed by atoms with E-state index in [1.54, 1.807) is 18.3 Å². The van der Waals surface area contributed by atoms with Gasteiger partial charge in [-0.3, -0.25) is 4.98 Å². The molecular formula is C29H22N2OSi. The molecule has 0 radical (unpaired) electrons. The number of aromatic nitrogens is 2. The molecule has 0 spiro atoms. The van der Waals surface area contributed by atoms with Crippen LogP contribution in [0.3, 0.4) is 0 Å². The Morgan fingerprint density at radius 2 is 1.48 bits per heavy atom. The minimum atomic E-state index is -2.23. The van der Waals surface area contributed by atoms with E-state index >= 15 is 0 Å². The van der Waals surface area contributed by atoms with Crippen molar-refractivity contribution >= 4 is 23.8 Å². The molecule has 33 heavy (non-hydrogen) atoms. The van der Waals surface area contributed by atoms with Crippen molar-refractivity contribution in [2.24, 2.45) is 0 Å². The highest BCUT2D eigenvalue weighted by Gasteiger charge is 2.44. The SMILES string of the molecule is [2H]c1cccnc1Oc1cccc(-c2ccc3c(c2)[Si](C)(c2ccccn2)c2ccccc2-3)c1. The molecule has 0 fully saturated rings. The van der Waals surface area contributed by atoms with E-state index in [9.17, 15) is 0 Å². The predicted octanol–water partition coefficient (Wildman–Crippen LogP) is 5.02. The fraction of sp³-hybridized carbons (Fsp3) is 0.0345. The van der Waals surface area contributed by atoms with Crippen LogP contribution in [0.25, 0.3) is 22.3 Å². The van der Waals surface area contributed by atoms with Crippen LogP contribution >= 0.6 is 0 Å². The first-order valence-corrected chi connectivity index (χ1v) is 13.5. The molecule has 3 nitrogen and oxygen atoms in total. The molecule has 1 atom stereocenters. The lowest BCUT2D eigenvalue weighted by Gasteiger charge is -2.24. The topological polar surface area (TPSA) is 35.0 Å². The quantitative estimate of drug-likeness (QED) is 0.366. The number of rotatable bonds is 4. The number of nitrogens with zero attached hydrogens (tertiary/aromatic N) is 2. The summed E-state index contributed by atoms with van der Waals surface area (Å²) in [7, 11) is -2.23. The summed E-state index contributed by atoms with van der Waals surface area (Å²) >= 11 is 0. The summed E-state index contributed by atoms with van der Waals surface area (Å²) in [5.74, 6) is 0.970. The third kappa shape index (κ3) is 3.27. The first-order chi connectivity index (χ1) is 16.6. The molecule has 3 aromatic carbocycles. The van der Waals surface area contributed by atoms with Crippen LogP contribution in [0.2, 0.25) is 6.55 Å². The molecule has 1 aliphatic heterocycles. The minimum Gasteiger partial charge on any atom is -0.439 e. The number of pyridine rings is 2. The van der Waals surface area contributed by atoms with Gasteiger partial charge in [0.25, 0.3) is 0 Å². The molecule has 0 N–H and O–H groups in total. The number of fused-ring (bicyclic) bond motifs is 3. The maximum Gasteiger partial charge on any atom is 0.219 e. The van der Waals surface area contributed by atoms with Crippen LogP contribution < -0.4 is 20.4 Å². The van der Waals surface area contributed by atoms with E-state index in [0.29, 0.717) is 11.6 Å². The Kier molecular flexibility index (Phi) is 4.40. The van der Waals surface area contributed by atoms with Crippen molar-refractivity contribution in [3.63, 3.8) is 0 Å². The second-order valence-corrected chi connectivity index (χ2v) is 12.2. The highest BCUT2D eigenvalue weighted by molar-refractivity contribution is 7.13. The van der Waals surface area contributed by atoms with Crippen molar-refractivity contribution < 1.29 is 6.11 Å². The van der Waals surface area contributed by atoms with Crippen LogP contribution in [0.1, 0.15) is 1.37 Å². The third-order valence-corrected chi connectivity index (χ3v) is 10.8. The van der Waals surface area contributed by atoms with Gasteiger partial charge in [0.15, 0.2) is 8.07 Å². The van der Waals surface area contributed by atoms with Gasteiger partial charge in [0.1, 0.15) is 5.75 Å². The molecule has 3 heterocycles. The summed E-state index contributed by atoms with van der Waals surface area (Å²) in [5, 5.41) is 3.97. The predicted molar refractivity (Wildman–Crippen MR) is 136 cm³/mol. The van der Waals surface area contributed by atoms with E-state index in [-0.39, 0.29) is 6.04 Å². The third-order valence-electron chi connectivity index (χ3n) is 6.45. The standard InChI is InChI=1S/C29H22N2OSi/c1-33(29-14-5-7-18-31-29)26-12-3-2-11-24(26)25-16-15-22(20-27(25)33)21-9-8-10-23(19-21)32-28-13-4-6-17-30-28/h2-20H,1H3/i13D. The largest absolute Gasteiger partial charge is 0.439 e. The molecular weight excluding hydrogens is 420 g/mol. The fourth-order valence-electron chi connectivity index (χ4n) is 4.82. The van der Waals surface area contributed by atoms with Gasteiger partial charge < -0.3 is 4.74 Å². The average Bonchev–Trinajstić information content (AvgIpc) is 3.15. The minimum absolute atomic E-state index is 0.264. The summed E-state index contributed by atoms with van der Waals surface area (Å²) in [4.78, 5) is 9.01. The fourth-order valence-corrected chi connectivity index (χ4v) is 8.81. The van der Waals surface area contributed by atoms with Crippen LogP contribution in [-0.4, -0.2) is 18.0 Å². The van der Waals surface area contributed by atoms with Crippen molar-refractivity contribution in [2.75, 3.05) is 0 Å². The van der Waals surface area contributed by atoms with E-state index in [1.807, 2.05) is 30.5 Å². The van der Waals surface area contributed by atoms with Crippen molar-refractivity contribution in [2.45, 2.75) is 6.55 Å². The second kappa shape index (κ2) is 7.83. The van der Waals surface area contributed by atoms with E-state index in [0.717, 1.165) is 11.1 Å². The van der Waals surface area contributed by atoms with Crippen LogP contribution in [0, 0.1) is 0 Å². The molecule has 158 valence electrons. The van der Waals surface area contributed by atoms with Crippen LogP contribution in [0.4, 0.5) is 0 Å². The zero-order chi connectivity index (χ0) is 23.1. The van der Waals surface area contributed by atoms with Gasteiger partial charge in [0.05, 0.1) is 1.37 Å². The van der Waals surface area contributed by atoms with E-state index in [4.69, 9.17) is 11.1 Å². The number of ether oxygens (including phenoxy) is 1. The normalized spacial score (nSPS) is 16.6. The molecule has 6 rings (SSSR count). The maximum atomic E-state index is 8.02. The summed E-state index contributed by atoms with van der Waals surface area (Å²) in [6, 6.07) is 33.4. The Morgan fingerprint density at radius 1 is 0.697 bits per heavy atom. The molecule has 1 unspecified atom stereocenters. The molecule has 0 aliphatic carbocycles. The average molecular weight is 444 g/mol. The summed E-state index contributed by atoms with van der Waals surface area (Å²) in [5.41, 5.74) is 4.83. The van der Waals surface area contributed by atoms with Gasteiger partial charge in [-0.05, 0) is 63.0 Å². The van der Waals surface area contributed by atoms with E-state index in [2.05, 4.69) is 72.2 Å². The molecule has 0 bridgehead atoms. The van der Waals surface area contributed by atoms with Crippen LogP contribution in [-0.2, 0) is 0 Å². The van der Waals surface area contributed by atoms with Crippen LogP contribution in [0.15, 0.2) is 115 Å². The zero-order valence-corrected chi connectivity index (χ0v) is 19.2. The lowest BCUT2D eigenvalue weighted by molar-refractivity contribution is 0.463. The lowest BCUT2D eigenvalue weighted by atomic mass is 10.0. The Labute approximate surface area is 195 Å². The van der Waals surface area contributed by atoms with E-state index < -0.39 is 8.07 Å². The van der Waals surface area contributed by atoms with Gasteiger partial charge >= 0.3 is 0 Å². The van der Waals surface area contributed by atoms with Gasteiger partial charge in [-0.15, -0.1) is 0 Å². The molecule has 0 amide bonds. The molecule has 5 aromatic rings. The highest BCUT2D eigenvalue weighted by Crippen LogP contribution is 2.32. The Bertz CT molecular complexity index is 1520. The van der Waals surface area contributed by atoms with Crippen molar-refractivity contribution in [1.82, 2.24) is 9.97 Å². The molecule has 2 aromatic heterocycles. The maximum absolute atomic E-state index is 8.02. The van der Waals surface area contributed by atoms with Gasteiger partial charge in [0.2, 0.25) is 5.88 Å². The van der Waals surface area contributed by atoms with Gasteiger partial charge in [-0.2, -0.15) is 0 Å². The second-order valence-electron chi connectivity index (χ2n) is 8.36. The molecule has 1 aliphatic rings. The summed E-state index contributed by atoms with van der Waals surface area (Å²) in [6.07, 6.45) is 3.54. The Balaban J connectivity index is 1.46. The monoisotopic (exact) mass is 443 g/mol. The lowest BCUT2D eigenvalue weighted by Crippen LogP contribution is -2.63. The molecule has 0 saturated heterocycles. The summed E-state index contributed by atoms with van der Waals surface area (Å²) < 4.78 is 13.9. The Morgan fingerprint density at radius 3 is 2.36 bits per heavy atom. The Hall–Kier alpha value is -4.02. The summed E-state index contributed by atoms with van der Waals surface area (Å²) in [6.45, 7) is 2.40. The van der Waals surface area contributed by atoms with E-state index in [1.165, 1.54) is 26.8 Å². The number of benzene rings is 3. The van der Waals surface area contributed by atoms with Gasteiger partial charge in [-0.25, -0.2) is 4.98 Å². The van der Waals surface area contributed by atoms with Crippen molar-refractivity contribution in [3.8, 4) is 33.9 Å². The first-order valence-electron chi connectivity index (χ1n) is 11.5. The molecule has 4 heteroatoms. The van der Waals surface area contributed by atoms with Gasteiger partial charge in [-0.1, -0.05) is 73.3 Å². The van der Waals surface area contributed by atoms with Gasteiger partial charge in [0, 0.05) is 23.8 Å². The van der Waals surface area contributed by atoms with Crippen molar-refractivity contribution in [3.05, 3.63) is 115 Å². The van der Waals surface area contributed by atoms with Crippen LogP contribution in [0.5, 0.6) is 11.6 Å². The zero-order valence-electron chi connectivity index (χ0n) is 19.2. The molecule has 0 saturated carbocycles. The highest BCUT2D eigenvalue weighted by atomic mass is 28.3. The number of hydrogen-bond acceptors (Lipinski definition) is 3. The first kappa shape index (κ1) is 18.5. The number of hydrogen-bond donors (Lipinski definition) is 0. The van der Waals surface area contributed by atoms with Crippen molar-refractivity contribution in [1.29, 1.82) is 0 Å². The smallest absolute Gasteiger partial charge is 0.219 e.